The molecule has 4 heteroatoms. The summed E-state index contributed by atoms with van der Waals surface area (Å²) in [5, 5.41) is 1.25. The fraction of sp³-hybridized carbons (Fsp3) is 0.550. The number of para-hydroxylation sites is 1. The molecule has 1 fully saturated rings. The zero-order valence-electron chi connectivity index (χ0n) is 14.8. The second-order valence-corrected chi connectivity index (χ2v) is 6.91. The summed E-state index contributed by atoms with van der Waals surface area (Å²) < 4.78 is 7.65. The van der Waals surface area contributed by atoms with Crippen LogP contribution in [0.1, 0.15) is 31.4 Å². The Labute approximate surface area is 144 Å². The molecule has 1 aromatic heterocycles. The number of hydrogen-bond donors (Lipinski definition) is 0. The van der Waals surface area contributed by atoms with Gasteiger partial charge in [-0.3, -0.25) is 4.79 Å². The molecule has 1 aromatic carbocycles. The van der Waals surface area contributed by atoms with Gasteiger partial charge in [0.25, 0.3) is 0 Å². The van der Waals surface area contributed by atoms with Gasteiger partial charge in [-0.05, 0) is 49.6 Å². The minimum atomic E-state index is 0.235. The summed E-state index contributed by atoms with van der Waals surface area (Å²) >= 11 is 0. The molecule has 0 N–H and O–H groups in total. The highest BCUT2D eigenvalue weighted by molar-refractivity contribution is 5.81. The third-order valence-corrected chi connectivity index (χ3v) is 5.21. The summed E-state index contributed by atoms with van der Waals surface area (Å²) in [6.45, 7) is 5.47. The average molecular weight is 328 g/mol. The third-order valence-electron chi connectivity index (χ3n) is 5.21. The lowest BCUT2D eigenvalue weighted by Gasteiger charge is -2.25. The molecule has 4 nitrogen and oxygen atoms in total. The van der Waals surface area contributed by atoms with Gasteiger partial charge in [-0.25, -0.2) is 0 Å². The van der Waals surface area contributed by atoms with E-state index in [0.29, 0.717) is 12.3 Å². The van der Waals surface area contributed by atoms with E-state index < -0.39 is 0 Å². The Kier molecular flexibility index (Phi) is 5.56. The molecule has 1 saturated heterocycles. The number of carbonyl (C=O) groups excluding carboxylic acids is 1. The summed E-state index contributed by atoms with van der Waals surface area (Å²) in [5.41, 5.74) is 2.43. The number of nitrogens with zero attached hydrogens (tertiary/aromatic N) is 2. The van der Waals surface area contributed by atoms with E-state index in [2.05, 4.69) is 41.8 Å². The zero-order chi connectivity index (χ0) is 16.9. The van der Waals surface area contributed by atoms with Crippen molar-refractivity contribution in [3.8, 4) is 0 Å². The lowest BCUT2D eigenvalue weighted by molar-refractivity contribution is -0.130. The van der Waals surface area contributed by atoms with Gasteiger partial charge in [-0.1, -0.05) is 18.2 Å². The normalized spacial score (nSPS) is 15.8. The van der Waals surface area contributed by atoms with E-state index in [-0.39, 0.29) is 5.91 Å². The first-order valence-corrected chi connectivity index (χ1v) is 9.01. The Hall–Kier alpha value is -1.81. The van der Waals surface area contributed by atoms with Crippen LogP contribution in [0.5, 0.6) is 0 Å². The maximum atomic E-state index is 12.4. The highest BCUT2D eigenvalue weighted by Gasteiger charge is 2.16. The van der Waals surface area contributed by atoms with Crippen molar-refractivity contribution in [2.45, 2.75) is 39.2 Å². The number of aryl methyl sites for hydroxylation is 2. The molecule has 130 valence electrons. The predicted octanol–water partition coefficient (Wildman–Crippen LogP) is 3.61. The molecule has 0 unspecified atom stereocenters. The van der Waals surface area contributed by atoms with Crippen molar-refractivity contribution < 1.29 is 9.53 Å². The molecule has 0 saturated carbocycles. The van der Waals surface area contributed by atoms with Crippen LogP contribution in [0.2, 0.25) is 0 Å². The van der Waals surface area contributed by atoms with Crippen molar-refractivity contribution in [1.29, 1.82) is 0 Å². The van der Waals surface area contributed by atoms with Gasteiger partial charge in [0, 0.05) is 51.0 Å². The quantitative estimate of drug-likeness (QED) is 0.812. The van der Waals surface area contributed by atoms with Gasteiger partial charge in [0.05, 0.1) is 0 Å². The predicted molar refractivity (Wildman–Crippen MR) is 97.1 cm³/mol. The lowest BCUT2D eigenvalue weighted by atomic mass is 9.96. The summed E-state index contributed by atoms with van der Waals surface area (Å²) in [4.78, 5) is 14.3. The van der Waals surface area contributed by atoms with Crippen LogP contribution in [0.25, 0.3) is 10.9 Å². The van der Waals surface area contributed by atoms with Crippen LogP contribution in [0.4, 0.5) is 0 Å². The van der Waals surface area contributed by atoms with Crippen LogP contribution in [0, 0.1) is 12.8 Å². The highest BCUT2D eigenvalue weighted by atomic mass is 16.5. The minimum Gasteiger partial charge on any atom is -0.381 e. The zero-order valence-corrected chi connectivity index (χ0v) is 14.8. The SMILES string of the molecule is Cc1cc2ccccc2n1CCC(=O)N(C)CCC1CCOCC1. The van der Waals surface area contributed by atoms with Gasteiger partial charge < -0.3 is 14.2 Å². The van der Waals surface area contributed by atoms with Gasteiger partial charge >= 0.3 is 0 Å². The van der Waals surface area contributed by atoms with Crippen LogP contribution in [-0.2, 0) is 16.1 Å². The Morgan fingerprint density at radius 1 is 1.29 bits per heavy atom. The molecule has 0 aliphatic carbocycles. The van der Waals surface area contributed by atoms with Crippen molar-refractivity contribution in [3.05, 3.63) is 36.0 Å². The van der Waals surface area contributed by atoms with Gasteiger partial charge in [-0.15, -0.1) is 0 Å². The van der Waals surface area contributed by atoms with Crippen LogP contribution < -0.4 is 0 Å². The Morgan fingerprint density at radius 2 is 2.04 bits per heavy atom. The van der Waals surface area contributed by atoms with Crippen molar-refractivity contribution in [3.63, 3.8) is 0 Å². The van der Waals surface area contributed by atoms with Gasteiger partial charge in [0.2, 0.25) is 5.91 Å². The number of amides is 1. The monoisotopic (exact) mass is 328 g/mol. The first-order chi connectivity index (χ1) is 11.6. The highest BCUT2D eigenvalue weighted by Crippen LogP contribution is 2.20. The lowest BCUT2D eigenvalue weighted by Crippen LogP contribution is -2.30. The summed E-state index contributed by atoms with van der Waals surface area (Å²) in [6.07, 6.45) is 3.92. The maximum absolute atomic E-state index is 12.4. The fourth-order valence-electron chi connectivity index (χ4n) is 3.58. The molecule has 1 aliphatic heterocycles. The third kappa shape index (κ3) is 3.99. The summed E-state index contributed by atoms with van der Waals surface area (Å²) in [6, 6.07) is 10.6. The minimum absolute atomic E-state index is 0.235. The van der Waals surface area contributed by atoms with Gasteiger partial charge in [0.15, 0.2) is 0 Å². The smallest absolute Gasteiger partial charge is 0.224 e. The molecule has 0 bridgehead atoms. The standard InChI is InChI=1S/C20H28N2O2/c1-16-15-18-5-3-4-6-19(18)22(16)12-8-20(23)21(2)11-7-17-9-13-24-14-10-17/h3-6,15,17H,7-14H2,1-2H3. The van der Waals surface area contributed by atoms with E-state index in [4.69, 9.17) is 4.74 Å². The van der Waals surface area contributed by atoms with Crippen molar-refractivity contribution in [1.82, 2.24) is 9.47 Å². The molecule has 0 atom stereocenters. The topological polar surface area (TPSA) is 34.5 Å². The molecule has 2 aromatic rings. The van der Waals surface area contributed by atoms with Crippen molar-refractivity contribution in [2.24, 2.45) is 5.92 Å². The number of carbonyl (C=O) groups is 1. The van der Waals surface area contributed by atoms with E-state index in [1.165, 1.54) is 16.6 Å². The molecule has 24 heavy (non-hydrogen) atoms. The first kappa shape index (κ1) is 17.0. The van der Waals surface area contributed by atoms with Crippen molar-refractivity contribution >= 4 is 16.8 Å². The summed E-state index contributed by atoms with van der Waals surface area (Å²) in [7, 11) is 1.93. The van der Waals surface area contributed by atoms with E-state index >= 15 is 0 Å². The second kappa shape index (κ2) is 7.84. The van der Waals surface area contributed by atoms with E-state index in [9.17, 15) is 4.79 Å². The Morgan fingerprint density at radius 3 is 2.83 bits per heavy atom. The van der Waals surface area contributed by atoms with Crippen LogP contribution in [0.15, 0.2) is 30.3 Å². The number of benzene rings is 1. The molecule has 0 spiro atoms. The number of fused-ring (bicyclic) bond motifs is 1. The molecular weight excluding hydrogens is 300 g/mol. The summed E-state index contributed by atoms with van der Waals surface area (Å²) in [5.74, 6) is 0.948. The maximum Gasteiger partial charge on any atom is 0.224 e. The molecule has 3 rings (SSSR count). The second-order valence-electron chi connectivity index (χ2n) is 6.91. The van der Waals surface area contributed by atoms with Crippen LogP contribution in [0.3, 0.4) is 0 Å². The largest absolute Gasteiger partial charge is 0.381 e. The fourth-order valence-corrected chi connectivity index (χ4v) is 3.58. The first-order valence-electron chi connectivity index (χ1n) is 9.01. The average Bonchev–Trinajstić information content (AvgIpc) is 2.93. The van der Waals surface area contributed by atoms with E-state index in [1.54, 1.807) is 0 Å². The van der Waals surface area contributed by atoms with Crippen LogP contribution in [-0.4, -0.2) is 42.2 Å². The Balaban J connectivity index is 1.51. The number of hydrogen-bond acceptors (Lipinski definition) is 2. The molecule has 0 radical (unpaired) electrons. The molecular formula is C20H28N2O2. The van der Waals surface area contributed by atoms with E-state index in [1.807, 2.05) is 11.9 Å². The molecule has 2 heterocycles. The number of ether oxygens (including phenoxy) is 1. The van der Waals surface area contributed by atoms with Crippen LogP contribution >= 0.6 is 0 Å². The molecule has 1 aliphatic rings. The van der Waals surface area contributed by atoms with E-state index in [0.717, 1.165) is 45.6 Å². The molecule has 1 amide bonds. The number of rotatable bonds is 6. The van der Waals surface area contributed by atoms with Gasteiger partial charge in [0.1, 0.15) is 0 Å². The van der Waals surface area contributed by atoms with Gasteiger partial charge in [-0.2, -0.15) is 0 Å². The Bertz CT molecular complexity index is 686. The number of aromatic nitrogens is 1. The van der Waals surface area contributed by atoms with Crippen molar-refractivity contribution in [2.75, 3.05) is 26.8 Å².